The Morgan fingerprint density at radius 1 is 1.29 bits per heavy atom. The predicted octanol–water partition coefficient (Wildman–Crippen LogP) is 2.67. The van der Waals surface area contributed by atoms with E-state index in [0.29, 0.717) is 4.91 Å². The molecule has 1 aliphatic heterocycles. The number of imide groups is 1. The van der Waals surface area contributed by atoms with Crippen molar-refractivity contribution in [3.8, 4) is 0 Å². The van der Waals surface area contributed by atoms with E-state index in [1.54, 1.807) is 19.9 Å². The molecule has 1 aromatic carbocycles. The Bertz CT molecular complexity index is 595. The van der Waals surface area contributed by atoms with Gasteiger partial charge in [0.1, 0.15) is 6.54 Å². The number of benzene rings is 1. The van der Waals surface area contributed by atoms with Crippen LogP contribution in [0.3, 0.4) is 0 Å². The molecular formula is C15H15NO4S. The zero-order chi connectivity index (χ0) is 15.4. The van der Waals surface area contributed by atoms with Crippen molar-refractivity contribution in [2.75, 3.05) is 6.54 Å². The number of carbonyl (C=O) groups excluding carboxylic acids is 3. The van der Waals surface area contributed by atoms with E-state index < -0.39 is 17.1 Å². The summed E-state index contributed by atoms with van der Waals surface area (Å²) in [6.07, 6.45) is 1.36. The first-order chi connectivity index (χ1) is 9.97. The second-order valence-corrected chi connectivity index (χ2v) is 5.71. The Labute approximate surface area is 127 Å². The first kappa shape index (κ1) is 15.3. The van der Waals surface area contributed by atoms with E-state index >= 15 is 0 Å². The number of thioether (sulfide) groups is 1. The van der Waals surface area contributed by atoms with Gasteiger partial charge in [0.25, 0.3) is 11.1 Å². The zero-order valence-electron chi connectivity index (χ0n) is 11.7. The van der Waals surface area contributed by atoms with Crippen LogP contribution in [0.2, 0.25) is 0 Å². The molecule has 0 spiro atoms. The highest BCUT2D eigenvalue weighted by Crippen LogP contribution is 2.31. The van der Waals surface area contributed by atoms with Gasteiger partial charge in [0.2, 0.25) is 0 Å². The first-order valence-electron chi connectivity index (χ1n) is 6.47. The molecule has 1 heterocycles. The molecule has 6 heteroatoms. The van der Waals surface area contributed by atoms with Gasteiger partial charge in [-0.15, -0.1) is 0 Å². The van der Waals surface area contributed by atoms with Gasteiger partial charge in [-0.05, 0) is 37.2 Å². The van der Waals surface area contributed by atoms with E-state index in [4.69, 9.17) is 4.74 Å². The summed E-state index contributed by atoms with van der Waals surface area (Å²) >= 11 is 0.828. The van der Waals surface area contributed by atoms with Gasteiger partial charge in [-0.1, -0.05) is 30.3 Å². The van der Waals surface area contributed by atoms with Gasteiger partial charge in [-0.25, -0.2) is 0 Å². The standard InChI is InChI=1S/C15H15NO4S/c1-10(2)20-13(17)9-16-14(18)12(21-15(16)19)8-11-6-4-3-5-7-11/h3-8,10H,9H2,1-2H3/b12-8+. The van der Waals surface area contributed by atoms with Crippen LogP contribution in [-0.2, 0) is 14.3 Å². The smallest absolute Gasteiger partial charge is 0.326 e. The lowest BCUT2D eigenvalue weighted by molar-refractivity contribution is -0.149. The molecule has 110 valence electrons. The Hall–Kier alpha value is -2.08. The highest BCUT2D eigenvalue weighted by molar-refractivity contribution is 8.18. The summed E-state index contributed by atoms with van der Waals surface area (Å²) in [6, 6.07) is 9.22. The molecule has 1 aromatic rings. The average Bonchev–Trinajstić information content (AvgIpc) is 2.67. The SMILES string of the molecule is CC(C)OC(=O)CN1C(=O)S/C(=C/c2ccccc2)C1=O. The van der Waals surface area contributed by atoms with Crippen molar-refractivity contribution in [3.05, 3.63) is 40.8 Å². The predicted molar refractivity (Wildman–Crippen MR) is 80.3 cm³/mol. The molecule has 0 aliphatic carbocycles. The Balaban J connectivity index is 2.10. The quantitative estimate of drug-likeness (QED) is 0.632. The molecule has 0 N–H and O–H groups in total. The summed E-state index contributed by atoms with van der Waals surface area (Å²) in [5.41, 5.74) is 0.827. The van der Waals surface area contributed by atoms with Crippen LogP contribution in [0.15, 0.2) is 35.2 Å². The monoisotopic (exact) mass is 305 g/mol. The van der Waals surface area contributed by atoms with Crippen molar-refractivity contribution < 1.29 is 19.1 Å². The Kier molecular flexibility index (Phi) is 4.80. The number of rotatable bonds is 4. The van der Waals surface area contributed by atoms with Crippen LogP contribution in [0.1, 0.15) is 19.4 Å². The summed E-state index contributed by atoms with van der Waals surface area (Å²) < 4.78 is 4.95. The summed E-state index contributed by atoms with van der Waals surface area (Å²) in [5, 5.41) is -0.456. The highest BCUT2D eigenvalue weighted by atomic mass is 32.2. The summed E-state index contributed by atoms with van der Waals surface area (Å²) in [4.78, 5) is 36.8. The van der Waals surface area contributed by atoms with Gasteiger partial charge in [-0.3, -0.25) is 19.3 Å². The van der Waals surface area contributed by atoms with Gasteiger partial charge >= 0.3 is 5.97 Å². The number of hydrogen-bond acceptors (Lipinski definition) is 5. The maximum absolute atomic E-state index is 12.1. The number of amides is 2. The summed E-state index contributed by atoms with van der Waals surface area (Å²) in [5.74, 6) is -1.05. The van der Waals surface area contributed by atoms with E-state index in [2.05, 4.69) is 0 Å². The molecule has 21 heavy (non-hydrogen) atoms. The molecule has 0 aromatic heterocycles. The van der Waals surface area contributed by atoms with Gasteiger partial charge < -0.3 is 4.74 Å². The summed E-state index contributed by atoms with van der Waals surface area (Å²) in [6.45, 7) is 3.07. The molecule has 0 bridgehead atoms. The van der Waals surface area contributed by atoms with Crippen LogP contribution in [-0.4, -0.2) is 34.7 Å². The maximum Gasteiger partial charge on any atom is 0.326 e. The highest BCUT2D eigenvalue weighted by Gasteiger charge is 2.36. The Morgan fingerprint density at radius 2 is 1.95 bits per heavy atom. The van der Waals surface area contributed by atoms with Crippen LogP contribution in [0.4, 0.5) is 4.79 Å². The minimum Gasteiger partial charge on any atom is -0.462 e. The fourth-order valence-corrected chi connectivity index (χ4v) is 2.60. The van der Waals surface area contributed by atoms with Crippen LogP contribution < -0.4 is 0 Å². The topological polar surface area (TPSA) is 63.7 Å². The van der Waals surface area contributed by atoms with E-state index in [0.717, 1.165) is 22.2 Å². The van der Waals surface area contributed by atoms with Crippen molar-refractivity contribution >= 4 is 35.0 Å². The minimum absolute atomic E-state index is 0.280. The summed E-state index contributed by atoms with van der Waals surface area (Å²) in [7, 11) is 0. The third-order valence-electron chi connectivity index (χ3n) is 2.63. The van der Waals surface area contributed by atoms with Gasteiger partial charge in [0, 0.05) is 0 Å². The van der Waals surface area contributed by atoms with Crippen molar-refractivity contribution in [2.24, 2.45) is 0 Å². The van der Waals surface area contributed by atoms with Crippen LogP contribution in [0.5, 0.6) is 0 Å². The normalized spacial score (nSPS) is 16.9. The lowest BCUT2D eigenvalue weighted by Gasteiger charge is -2.13. The number of carbonyl (C=O) groups is 3. The second-order valence-electron chi connectivity index (χ2n) is 4.72. The largest absolute Gasteiger partial charge is 0.462 e. The molecule has 5 nitrogen and oxygen atoms in total. The van der Waals surface area contributed by atoms with E-state index in [-0.39, 0.29) is 12.6 Å². The van der Waals surface area contributed by atoms with Crippen LogP contribution in [0.25, 0.3) is 6.08 Å². The second kappa shape index (κ2) is 6.58. The first-order valence-corrected chi connectivity index (χ1v) is 7.29. The van der Waals surface area contributed by atoms with Gasteiger partial charge in [-0.2, -0.15) is 0 Å². The molecule has 1 aliphatic rings. The molecule has 2 amide bonds. The van der Waals surface area contributed by atoms with Crippen molar-refractivity contribution in [3.63, 3.8) is 0 Å². The number of esters is 1. The molecule has 1 saturated heterocycles. The maximum atomic E-state index is 12.1. The zero-order valence-corrected chi connectivity index (χ0v) is 12.6. The molecule has 0 unspecified atom stereocenters. The lowest BCUT2D eigenvalue weighted by atomic mass is 10.2. The molecule has 0 atom stereocenters. The van der Waals surface area contributed by atoms with E-state index in [1.165, 1.54) is 0 Å². The molecule has 0 radical (unpaired) electrons. The van der Waals surface area contributed by atoms with Crippen molar-refractivity contribution in [1.82, 2.24) is 4.90 Å². The lowest BCUT2D eigenvalue weighted by Crippen LogP contribution is -2.35. The molecular weight excluding hydrogens is 290 g/mol. The van der Waals surface area contributed by atoms with Gasteiger partial charge in [0.05, 0.1) is 11.0 Å². The van der Waals surface area contributed by atoms with Crippen molar-refractivity contribution in [1.29, 1.82) is 0 Å². The molecule has 2 rings (SSSR count). The third-order valence-corrected chi connectivity index (χ3v) is 3.53. The third kappa shape index (κ3) is 3.95. The molecule has 0 saturated carbocycles. The number of nitrogens with zero attached hydrogens (tertiary/aromatic N) is 1. The van der Waals surface area contributed by atoms with Gasteiger partial charge in [0.15, 0.2) is 0 Å². The fourth-order valence-electron chi connectivity index (χ4n) is 1.77. The fraction of sp³-hybridized carbons (Fsp3) is 0.267. The number of ether oxygens (including phenoxy) is 1. The van der Waals surface area contributed by atoms with Crippen LogP contribution in [0, 0.1) is 0 Å². The Morgan fingerprint density at radius 3 is 2.57 bits per heavy atom. The van der Waals surface area contributed by atoms with E-state index in [9.17, 15) is 14.4 Å². The van der Waals surface area contributed by atoms with E-state index in [1.807, 2.05) is 30.3 Å². The number of hydrogen-bond donors (Lipinski definition) is 0. The average molecular weight is 305 g/mol. The minimum atomic E-state index is -0.590. The molecule has 1 fully saturated rings. The van der Waals surface area contributed by atoms with Crippen molar-refractivity contribution in [2.45, 2.75) is 20.0 Å². The van der Waals surface area contributed by atoms with Crippen LogP contribution >= 0.6 is 11.8 Å².